The van der Waals surface area contributed by atoms with Crippen molar-refractivity contribution in [1.29, 1.82) is 5.26 Å². The smallest absolute Gasteiger partial charge is 0.129 e. The molecule has 4 nitrogen and oxygen atoms in total. The van der Waals surface area contributed by atoms with Crippen molar-refractivity contribution in [3.05, 3.63) is 23.9 Å². The minimum atomic E-state index is 0. The molecule has 17 heavy (non-hydrogen) atoms. The third kappa shape index (κ3) is 2.87. The van der Waals surface area contributed by atoms with Crippen molar-refractivity contribution in [2.75, 3.05) is 24.5 Å². The predicted octanol–water partition coefficient (Wildman–Crippen LogP) is 1.56. The molecule has 0 spiro atoms. The number of anilines is 1. The van der Waals surface area contributed by atoms with Gasteiger partial charge in [-0.1, -0.05) is 0 Å². The van der Waals surface area contributed by atoms with Crippen LogP contribution in [-0.2, 0) is 0 Å². The molecule has 0 bridgehead atoms. The number of hydrogen-bond donors (Lipinski definition) is 1. The standard InChI is InChI=1S/C12H16N4.ClH/c1-12(2)9-14-5-6-16(12)11-4-3-10(7-13)8-15-11;/h3-4,8,14H,5-6,9H2,1-2H3;1H. The van der Waals surface area contributed by atoms with Crippen LogP contribution in [0.3, 0.4) is 0 Å². The summed E-state index contributed by atoms with van der Waals surface area (Å²) in [6.07, 6.45) is 1.63. The number of nitriles is 1. The first-order valence-corrected chi connectivity index (χ1v) is 5.48. The van der Waals surface area contributed by atoms with Crippen molar-refractivity contribution < 1.29 is 0 Å². The monoisotopic (exact) mass is 252 g/mol. The van der Waals surface area contributed by atoms with Gasteiger partial charge in [0.05, 0.1) is 5.56 Å². The molecule has 0 saturated carbocycles. The van der Waals surface area contributed by atoms with Gasteiger partial charge in [-0.05, 0) is 26.0 Å². The molecule has 1 aliphatic heterocycles. The van der Waals surface area contributed by atoms with Gasteiger partial charge in [-0.15, -0.1) is 12.4 Å². The molecule has 1 saturated heterocycles. The Hall–Kier alpha value is -1.31. The molecule has 0 atom stereocenters. The second-order valence-corrected chi connectivity index (χ2v) is 4.66. The Balaban J connectivity index is 0.00000144. The summed E-state index contributed by atoms with van der Waals surface area (Å²) in [5.74, 6) is 0.950. The van der Waals surface area contributed by atoms with Gasteiger partial charge in [0.25, 0.3) is 0 Å². The Morgan fingerprint density at radius 2 is 2.24 bits per heavy atom. The third-order valence-corrected chi connectivity index (χ3v) is 2.95. The van der Waals surface area contributed by atoms with Crippen molar-refractivity contribution >= 4 is 18.2 Å². The topological polar surface area (TPSA) is 52.0 Å². The van der Waals surface area contributed by atoms with Crippen molar-refractivity contribution in [2.24, 2.45) is 0 Å². The molecular weight excluding hydrogens is 236 g/mol. The minimum Gasteiger partial charge on any atom is -0.349 e. The molecule has 1 aliphatic rings. The summed E-state index contributed by atoms with van der Waals surface area (Å²) in [5, 5.41) is 12.1. The van der Waals surface area contributed by atoms with Crippen LogP contribution in [-0.4, -0.2) is 30.2 Å². The van der Waals surface area contributed by atoms with Gasteiger partial charge in [-0.3, -0.25) is 0 Å². The molecule has 2 rings (SSSR count). The highest BCUT2D eigenvalue weighted by Crippen LogP contribution is 2.23. The maximum absolute atomic E-state index is 8.73. The molecule has 0 unspecified atom stereocenters. The van der Waals surface area contributed by atoms with E-state index in [1.54, 1.807) is 6.20 Å². The maximum atomic E-state index is 8.73. The van der Waals surface area contributed by atoms with Crippen molar-refractivity contribution in [2.45, 2.75) is 19.4 Å². The van der Waals surface area contributed by atoms with Crippen LogP contribution >= 0.6 is 12.4 Å². The van der Waals surface area contributed by atoms with E-state index < -0.39 is 0 Å². The molecule has 0 radical (unpaired) electrons. The fourth-order valence-electron chi connectivity index (χ4n) is 2.02. The molecule has 0 aliphatic carbocycles. The van der Waals surface area contributed by atoms with Crippen LogP contribution in [0.15, 0.2) is 18.3 Å². The molecule has 2 heterocycles. The normalized spacial score (nSPS) is 18.1. The van der Waals surface area contributed by atoms with Gasteiger partial charge in [-0.25, -0.2) is 4.98 Å². The second kappa shape index (κ2) is 5.35. The summed E-state index contributed by atoms with van der Waals surface area (Å²) in [6, 6.07) is 5.83. The van der Waals surface area contributed by atoms with Crippen LogP contribution in [0.1, 0.15) is 19.4 Å². The van der Waals surface area contributed by atoms with E-state index in [1.807, 2.05) is 12.1 Å². The van der Waals surface area contributed by atoms with E-state index in [0.717, 1.165) is 25.5 Å². The number of halogens is 1. The summed E-state index contributed by atoms with van der Waals surface area (Å²) >= 11 is 0. The summed E-state index contributed by atoms with van der Waals surface area (Å²) in [7, 11) is 0. The average Bonchev–Trinajstić information content (AvgIpc) is 2.29. The highest BCUT2D eigenvalue weighted by atomic mass is 35.5. The molecule has 92 valence electrons. The van der Waals surface area contributed by atoms with Gasteiger partial charge in [-0.2, -0.15) is 5.26 Å². The summed E-state index contributed by atoms with van der Waals surface area (Å²) in [4.78, 5) is 6.63. The Morgan fingerprint density at radius 3 is 2.76 bits per heavy atom. The van der Waals surface area contributed by atoms with E-state index in [9.17, 15) is 0 Å². The van der Waals surface area contributed by atoms with Crippen LogP contribution in [0.4, 0.5) is 5.82 Å². The Bertz CT molecular complexity index is 408. The Morgan fingerprint density at radius 1 is 1.47 bits per heavy atom. The quantitative estimate of drug-likeness (QED) is 0.824. The van der Waals surface area contributed by atoms with Gasteiger partial charge in [0.1, 0.15) is 11.9 Å². The van der Waals surface area contributed by atoms with Gasteiger partial charge < -0.3 is 10.2 Å². The molecule has 1 aromatic rings. The number of nitrogens with one attached hydrogen (secondary N) is 1. The van der Waals surface area contributed by atoms with E-state index in [-0.39, 0.29) is 17.9 Å². The third-order valence-electron chi connectivity index (χ3n) is 2.95. The van der Waals surface area contributed by atoms with Crippen molar-refractivity contribution in [3.63, 3.8) is 0 Å². The number of piperazine rings is 1. The predicted molar refractivity (Wildman–Crippen MR) is 70.5 cm³/mol. The van der Waals surface area contributed by atoms with Crippen LogP contribution in [0, 0.1) is 11.3 Å². The van der Waals surface area contributed by atoms with Crippen LogP contribution in [0.5, 0.6) is 0 Å². The molecule has 5 heteroatoms. The van der Waals surface area contributed by atoms with E-state index in [1.165, 1.54) is 0 Å². The first-order valence-electron chi connectivity index (χ1n) is 5.48. The lowest BCUT2D eigenvalue weighted by atomic mass is 10.0. The molecule has 1 fully saturated rings. The lowest BCUT2D eigenvalue weighted by molar-refractivity contribution is 0.378. The fraction of sp³-hybridized carbons (Fsp3) is 0.500. The zero-order valence-electron chi connectivity index (χ0n) is 10.1. The average molecular weight is 253 g/mol. The Kier molecular flexibility index (Phi) is 4.33. The van der Waals surface area contributed by atoms with E-state index in [2.05, 4.69) is 35.1 Å². The fourth-order valence-corrected chi connectivity index (χ4v) is 2.02. The van der Waals surface area contributed by atoms with Gasteiger partial charge in [0.2, 0.25) is 0 Å². The highest BCUT2D eigenvalue weighted by Gasteiger charge is 2.30. The van der Waals surface area contributed by atoms with Gasteiger partial charge in [0, 0.05) is 31.4 Å². The Labute approximate surface area is 108 Å². The summed E-state index contributed by atoms with van der Waals surface area (Å²) in [6.45, 7) is 7.27. The minimum absolute atomic E-state index is 0. The lowest BCUT2D eigenvalue weighted by Crippen LogP contribution is -2.58. The maximum Gasteiger partial charge on any atom is 0.129 e. The molecule has 1 N–H and O–H groups in total. The second-order valence-electron chi connectivity index (χ2n) is 4.66. The van der Waals surface area contributed by atoms with Gasteiger partial charge >= 0.3 is 0 Å². The number of rotatable bonds is 1. The van der Waals surface area contributed by atoms with Gasteiger partial charge in [0.15, 0.2) is 0 Å². The van der Waals surface area contributed by atoms with Crippen molar-refractivity contribution in [1.82, 2.24) is 10.3 Å². The number of nitrogens with zero attached hydrogens (tertiary/aromatic N) is 3. The molecule has 0 amide bonds. The lowest BCUT2D eigenvalue weighted by Gasteiger charge is -2.43. The highest BCUT2D eigenvalue weighted by molar-refractivity contribution is 5.85. The number of hydrogen-bond acceptors (Lipinski definition) is 4. The molecule has 1 aromatic heterocycles. The van der Waals surface area contributed by atoms with E-state index >= 15 is 0 Å². The largest absolute Gasteiger partial charge is 0.349 e. The van der Waals surface area contributed by atoms with E-state index in [4.69, 9.17) is 5.26 Å². The molecule has 0 aromatic carbocycles. The SMILES string of the molecule is CC1(C)CNCCN1c1ccc(C#N)cn1.Cl. The molecular formula is C12H17ClN4. The van der Waals surface area contributed by atoms with Crippen molar-refractivity contribution in [3.8, 4) is 6.07 Å². The first kappa shape index (κ1) is 13.8. The summed E-state index contributed by atoms with van der Waals surface area (Å²) in [5.41, 5.74) is 0.677. The zero-order chi connectivity index (χ0) is 11.6. The van der Waals surface area contributed by atoms with Crippen LogP contribution in [0.2, 0.25) is 0 Å². The first-order chi connectivity index (χ1) is 7.63. The number of pyridine rings is 1. The van der Waals surface area contributed by atoms with Crippen LogP contribution in [0.25, 0.3) is 0 Å². The summed E-state index contributed by atoms with van der Waals surface area (Å²) < 4.78 is 0. The zero-order valence-corrected chi connectivity index (χ0v) is 10.9. The number of aromatic nitrogens is 1. The van der Waals surface area contributed by atoms with E-state index in [0.29, 0.717) is 5.56 Å². The van der Waals surface area contributed by atoms with Crippen LogP contribution < -0.4 is 10.2 Å².